The maximum atomic E-state index is 2.47. The first kappa shape index (κ1) is 9.55. The van der Waals surface area contributed by atoms with Gasteiger partial charge < -0.3 is 0 Å². The minimum Gasteiger partial charge on any atom is -0.0651 e. The smallest absolute Gasteiger partial charge is 0.0409 e. The van der Waals surface area contributed by atoms with E-state index in [0.717, 1.165) is 23.7 Å². The maximum absolute atomic E-state index is 2.47. The van der Waals surface area contributed by atoms with Crippen LogP contribution >= 0.6 is 0 Å². The van der Waals surface area contributed by atoms with Gasteiger partial charge in [-0.3, -0.25) is 0 Å². The summed E-state index contributed by atoms with van der Waals surface area (Å²) >= 11 is 0. The average molecular weight is 180 g/mol. The molecule has 0 amide bonds. The predicted molar refractivity (Wildman–Crippen MR) is 57.6 cm³/mol. The monoisotopic (exact) mass is 180 g/mol. The Morgan fingerprint density at radius 1 is 0.923 bits per heavy atom. The zero-order valence-electron chi connectivity index (χ0n) is 9.26. The Morgan fingerprint density at radius 2 is 1.46 bits per heavy atom. The maximum Gasteiger partial charge on any atom is -0.0409 e. The van der Waals surface area contributed by atoms with Crippen LogP contribution in [-0.2, 0) is 0 Å². The van der Waals surface area contributed by atoms with Crippen molar-refractivity contribution in [3.63, 3.8) is 0 Å². The van der Waals surface area contributed by atoms with E-state index >= 15 is 0 Å². The largest absolute Gasteiger partial charge is 0.0651 e. The lowest BCUT2D eigenvalue weighted by Gasteiger charge is -2.26. The van der Waals surface area contributed by atoms with Crippen LogP contribution in [0.2, 0.25) is 0 Å². The van der Waals surface area contributed by atoms with Crippen LogP contribution in [0, 0.1) is 23.7 Å². The molecule has 2 rings (SSSR count). The summed E-state index contributed by atoms with van der Waals surface area (Å²) in [6.07, 6.45) is 10.7. The molecule has 0 aromatic rings. The van der Waals surface area contributed by atoms with Gasteiger partial charge in [0.2, 0.25) is 0 Å². The zero-order chi connectivity index (χ0) is 9.26. The molecule has 2 bridgehead atoms. The highest BCUT2D eigenvalue weighted by molar-refractivity contribution is 4.82. The molecule has 0 heterocycles. The standard InChI is InChI=1S/C13H24/c1-3-11-8-12-4-5-13(9-11)7-10(2)6-12/h10-13H,3-9H2,1-2H3. The van der Waals surface area contributed by atoms with Crippen LogP contribution in [0.25, 0.3) is 0 Å². The average Bonchev–Trinajstić information content (AvgIpc) is 2.34. The molecule has 0 heteroatoms. The van der Waals surface area contributed by atoms with Crippen LogP contribution in [0.4, 0.5) is 0 Å². The van der Waals surface area contributed by atoms with Crippen molar-refractivity contribution in [3.8, 4) is 0 Å². The van der Waals surface area contributed by atoms with E-state index in [1.165, 1.54) is 19.3 Å². The minimum atomic E-state index is 1.02. The topological polar surface area (TPSA) is 0 Å². The summed E-state index contributed by atoms with van der Waals surface area (Å²) < 4.78 is 0. The molecule has 0 saturated heterocycles. The van der Waals surface area contributed by atoms with Crippen molar-refractivity contribution in [3.05, 3.63) is 0 Å². The molecule has 2 aliphatic rings. The second-order valence-corrected chi connectivity index (χ2v) is 5.63. The molecule has 0 radical (unpaired) electrons. The lowest BCUT2D eigenvalue weighted by atomic mass is 9.79. The summed E-state index contributed by atoms with van der Waals surface area (Å²) in [4.78, 5) is 0. The van der Waals surface area contributed by atoms with Crippen LogP contribution in [0.15, 0.2) is 0 Å². The van der Waals surface area contributed by atoms with E-state index in [1.54, 1.807) is 25.7 Å². The molecule has 0 aliphatic heterocycles. The third-order valence-corrected chi connectivity index (χ3v) is 4.37. The molecule has 13 heavy (non-hydrogen) atoms. The summed E-state index contributed by atoms with van der Waals surface area (Å²) in [7, 11) is 0. The third-order valence-electron chi connectivity index (χ3n) is 4.37. The lowest BCUT2D eigenvalue weighted by molar-refractivity contribution is 0.250. The van der Waals surface area contributed by atoms with E-state index in [4.69, 9.17) is 0 Å². The molecular formula is C13H24. The van der Waals surface area contributed by atoms with Crippen LogP contribution in [0.1, 0.15) is 58.8 Å². The molecule has 0 aromatic carbocycles. The highest BCUT2D eigenvalue weighted by Crippen LogP contribution is 2.42. The fourth-order valence-corrected chi connectivity index (χ4v) is 3.74. The number of hydrogen-bond acceptors (Lipinski definition) is 0. The molecule has 2 fully saturated rings. The molecule has 2 saturated carbocycles. The van der Waals surface area contributed by atoms with Gasteiger partial charge in [0.15, 0.2) is 0 Å². The molecule has 2 unspecified atom stereocenters. The SMILES string of the molecule is CCC1CC2CCC(CC(C)C2)C1. The highest BCUT2D eigenvalue weighted by atomic mass is 14.4. The van der Waals surface area contributed by atoms with Gasteiger partial charge in [-0.1, -0.05) is 33.1 Å². The highest BCUT2D eigenvalue weighted by Gasteiger charge is 2.30. The van der Waals surface area contributed by atoms with Gasteiger partial charge in [-0.05, 0) is 49.4 Å². The number of hydrogen-bond donors (Lipinski definition) is 0. The summed E-state index contributed by atoms with van der Waals surface area (Å²) in [6.45, 7) is 4.85. The molecular weight excluding hydrogens is 156 g/mol. The van der Waals surface area contributed by atoms with Gasteiger partial charge in [0.05, 0.1) is 0 Å². The minimum absolute atomic E-state index is 1.02. The van der Waals surface area contributed by atoms with Crippen LogP contribution < -0.4 is 0 Å². The number of rotatable bonds is 1. The fraction of sp³-hybridized carbons (Fsp3) is 1.00. The van der Waals surface area contributed by atoms with Crippen molar-refractivity contribution >= 4 is 0 Å². The second-order valence-electron chi connectivity index (χ2n) is 5.63. The fourth-order valence-electron chi connectivity index (χ4n) is 3.74. The van der Waals surface area contributed by atoms with E-state index < -0.39 is 0 Å². The van der Waals surface area contributed by atoms with Gasteiger partial charge in [-0.25, -0.2) is 0 Å². The van der Waals surface area contributed by atoms with E-state index in [9.17, 15) is 0 Å². The van der Waals surface area contributed by atoms with Crippen LogP contribution in [-0.4, -0.2) is 0 Å². The first-order valence-electron chi connectivity index (χ1n) is 6.28. The molecule has 2 atom stereocenters. The summed E-state index contributed by atoms with van der Waals surface area (Å²) in [5.74, 6) is 4.28. The Balaban J connectivity index is 2.04. The molecule has 2 aliphatic carbocycles. The van der Waals surface area contributed by atoms with Crippen LogP contribution in [0.3, 0.4) is 0 Å². The predicted octanol–water partition coefficient (Wildman–Crippen LogP) is 4.25. The van der Waals surface area contributed by atoms with Crippen molar-refractivity contribution in [2.75, 3.05) is 0 Å². The van der Waals surface area contributed by atoms with Crippen molar-refractivity contribution in [1.82, 2.24) is 0 Å². The van der Waals surface area contributed by atoms with Gasteiger partial charge in [-0.2, -0.15) is 0 Å². The van der Waals surface area contributed by atoms with E-state index in [1.807, 2.05) is 0 Å². The zero-order valence-corrected chi connectivity index (χ0v) is 9.26. The van der Waals surface area contributed by atoms with Gasteiger partial charge in [0.25, 0.3) is 0 Å². The first-order valence-corrected chi connectivity index (χ1v) is 6.28. The van der Waals surface area contributed by atoms with Gasteiger partial charge in [0.1, 0.15) is 0 Å². The third kappa shape index (κ3) is 2.27. The molecule has 0 aromatic heterocycles. The van der Waals surface area contributed by atoms with E-state index in [-0.39, 0.29) is 0 Å². The molecule has 0 N–H and O–H groups in total. The molecule has 0 spiro atoms. The molecule has 0 nitrogen and oxygen atoms in total. The Morgan fingerprint density at radius 3 is 1.92 bits per heavy atom. The van der Waals surface area contributed by atoms with Crippen molar-refractivity contribution < 1.29 is 0 Å². The first-order chi connectivity index (χ1) is 6.28. The number of fused-ring (bicyclic) bond motifs is 3. The van der Waals surface area contributed by atoms with Crippen LogP contribution in [0.5, 0.6) is 0 Å². The normalized spacial score (nSPS) is 45.7. The Bertz CT molecular complexity index is 145. The van der Waals surface area contributed by atoms with Gasteiger partial charge in [-0.15, -0.1) is 0 Å². The molecule has 76 valence electrons. The Kier molecular flexibility index (Phi) is 2.96. The lowest BCUT2D eigenvalue weighted by Crippen LogP contribution is -2.15. The quantitative estimate of drug-likeness (QED) is 0.566. The second kappa shape index (κ2) is 4.02. The van der Waals surface area contributed by atoms with Crippen molar-refractivity contribution in [2.24, 2.45) is 23.7 Å². The summed E-state index contributed by atoms with van der Waals surface area (Å²) in [5, 5.41) is 0. The van der Waals surface area contributed by atoms with Crippen molar-refractivity contribution in [2.45, 2.75) is 58.8 Å². The van der Waals surface area contributed by atoms with E-state index in [2.05, 4.69) is 13.8 Å². The Hall–Kier alpha value is 0. The summed E-state index contributed by atoms with van der Waals surface area (Å²) in [6, 6.07) is 0. The van der Waals surface area contributed by atoms with Gasteiger partial charge >= 0.3 is 0 Å². The van der Waals surface area contributed by atoms with E-state index in [0.29, 0.717) is 0 Å². The van der Waals surface area contributed by atoms with Crippen molar-refractivity contribution in [1.29, 1.82) is 0 Å². The van der Waals surface area contributed by atoms with Gasteiger partial charge in [0, 0.05) is 0 Å². The Labute approximate surface area is 83.1 Å². The summed E-state index contributed by atoms with van der Waals surface area (Å²) in [5.41, 5.74) is 0.